The van der Waals surface area contributed by atoms with Gasteiger partial charge in [-0.3, -0.25) is 9.59 Å². The second kappa shape index (κ2) is 10.0. The molecular weight excluding hydrogens is 380 g/mol. The van der Waals surface area contributed by atoms with Gasteiger partial charge in [0.25, 0.3) is 11.8 Å². The molecule has 2 N–H and O–H groups in total. The van der Waals surface area contributed by atoms with Crippen molar-refractivity contribution < 1.29 is 19.1 Å². The third-order valence-corrected chi connectivity index (χ3v) is 4.41. The molecule has 2 amide bonds. The van der Waals surface area contributed by atoms with Gasteiger partial charge in [0, 0.05) is 5.69 Å². The van der Waals surface area contributed by atoms with E-state index in [4.69, 9.17) is 4.74 Å². The zero-order chi connectivity index (χ0) is 21.3. The van der Waals surface area contributed by atoms with E-state index in [1.165, 1.54) is 0 Å². The number of anilines is 2. The summed E-state index contributed by atoms with van der Waals surface area (Å²) in [5, 5.41) is 5.40. The summed E-state index contributed by atoms with van der Waals surface area (Å²) in [6.07, 6.45) is 0.870. The van der Waals surface area contributed by atoms with Gasteiger partial charge in [0.15, 0.2) is 6.61 Å². The van der Waals surface area contributed by atoms with Gasteiger partial charge in [-0.25, -0.2) is 4.79 Å². The van der Waals surface area contributed by atoms with Crippen molar-refractivity contribution >= 4 is 29.2 Å². The Labute approximate surface area is 174 Å². The molecule has 6 heteroatoms. The molecule has 0 aliphatic heterocycles. The van der Waals surface area contributed by atoms with Crippen LogP contribution in [0.4, 0.5) is 11.4 Å². The minimum Gasteiger partial charge on any atom is -0.452 e. The van der Waals surface area contributed by atoms with Crippen molar-refractivity contribution in [3.63, 3.8) is 0 Å². The van der Waals surface area contributed by atoms with E-state index in [9.17, 15) is 14.4 Å². The van der Waals surface area contributed by atoms with Gasteiger partial charge in [0.1, 0.15) is 0 Å². The molecule has 152 valence electrons. The lowest BCUT2D eigenvalue weighted by molar-refractivity contribution is -0.119. The number of para-hydroxylation sites is 2. The van der Waals surface area contributed by atoms with Crippen LogP contribution in [-0.4, -0.2) is 24.4 Å². The van der Waals surface area contributed by atoms with Gasteiger partial charge in [-0.1, -0.05) is 49.4 Å². The number of amides is 2. The predicted octanol–water partition coefficient (Wildman–Crippen LogP) is 4.30. The highest BCUT2D eigenvalue weighted by Crippen LogP contribution is 2.17. The van der Waals surface area contributed by atoms with Crippen LogP contribution in [0.5, 0.6) is 0 Å². The fraction of sp³-hybridized carbons (Fsp3) is 0.125. The summed E-state index contributed by atoms with van der Waals surface area (Å²) in [6.45, 7) is 1.57. The Hall–Kier alpha value is -3.93. The molecule has 3 aromatic rings. The quantitative estimate of drug-likeness (QED) is 0.577. The molecule has 6 nitrogen and oxygen atoms in total. The zero-order valence-electron chi connectivity index (χ0n) is 16.6. The molecule has 0 atom stereocenters. The molecule has 0 heterocycles. The Balaban J connectivity index is 1.59. The first-order valence-corrected chi connectivity index (χ1v) is 9.58. The minimum absolute atomic E-state index is 0.302. The monoisotopic (exact) mass is 402 g/mol. The highest BCUT2D eigenvalue weighted by atomic mass is 16.5. The highest BCUT2D eigenvalue weighted by molar-refractivity contribution is 6.10. The van der Waals surface area contributed by atoms with Crippen LogP contribution in [0.3, 0.4) is 0 Å². The molecule has 30 heavy (non-hydrogen) atoms. The normalized spacial score (nSPS) is 10.2. The Bertz CT molecular complexity index is 1030. The van der Waals surface area contributed by atoms with Crippen LogP contribution < -0.4 is 10.6 Å². The fourth-order valence-electron chi connectivity index (χ4n) is 2.79. The molecule has 0 fully saturated rings. The first-order chi connectivity index (χ1) is 14.6. The average Bonchev–Trinajstić information content (AvgIpc) is 2.78. The van der Waals surface area contributed by atoms with Crippen molar-refractivity contribution in [1.29, 1.82) is 0 Å². The van der Waals surface area contributed by atoms with Crippen LogP contribution in [0, 0.1) is 0 Å². The van der Waals surface area contributed by atoms with Gasteiger partial charge < -0.3 is 15.4 Å². The summed E-state index contributed by atoms with van der Waals surface area (Å²) < 4.78 is 5.08. The molecule has 3 aromatic carbocycles. The first-order valence-electron chi connectivity index (χ1n) is 9.58. The predicted molar refractivity (Wildman–Crippen MR) is 116 cm³/mol. The largest absolute Gasteiger partial charge is 0.452 e. The third-order valence-electron chi connectivity index (χ3n) is 4.41. The Morgan fingerprint density at radius 1 is 0.800 bits per heavy atom. The topological polar surface area (TPSA) is 84.5 Å². The molecule has 0 saturated carbocycles. The second-order valence-corrected chi connectivity index (χ2v) is 6.54. The van der Waals surface area contributed by atoms with Crippen molar-refractivity contribution in [2.45, 2.75) is 13.3 Å². The SMILES string of the molecule is CCc1ccc(C(=O)OCC(=O)Nc2ccccc2C(=O)Nc2ccccc2)cc1. The molecule has 0 saturated heterocycles. The maximum Gasteiger partial charge on any atom is 0.338 e. The molecule has 0 aliphatic rings. The van der Waals surface area contributed by atoms with Gasteiger partial charge in [-0.15, -0.1) is 0 Å². The number of hydrogen-bond donors (Lipinski definition) is 2. The first kappa shape index (κ1) is 20.8. The lowest BCUT2D eigenvalue weighted by Crippen LogP contribution is -2.23. The molecule has 0 aliphatic carbocycles. The number of carbonyl (C=O) groups excluding carboxylic acids is 3. The highest BCUT2D eigenvalue weighted by Gasteiger charge is 2.15. The molecule has 0 spiro atoms. The molecule has 0 aromatic heterocycles. The summed E-state index contributed by atoms with van der Waals surface area (Å²) in [5.74, 6) is -1.47. The van der Waals surface area contributed by atoms with E-state index in [2.05, 4.69) is 10.6 Å². The van der Waals surface area contributed by atoms with Crippen LogP contribution in [0.15, 0.2) is 78.9 Å². The Morgan fingerprint density at radius 2 is 1.47 bits per heavy atom. The third kappa shape index (κ3) is 5.54. The van der Waals surface area contributed by atoms with E-state index in [1.54, 1.807) is 48.5 Å². The zero-order valence-corrected chi connectivity index (χ0v) is 16.6. The summed E-state index contributed by atoms with van der Waals surface area (Å²) in [5.41, 5.74) is 2.76. The van der Waals surface area contributed by atoms with E-state index < -0.39 is 18.5 Å². The number of aryl methyl sites for hydroxylation is 1. The summed E-state index contributed by atoms with van der Waals surface area (Å²) >= 11 is 0. The van der Waals surface area contributed by atoms with Crippen molar-refractivity contribution in [1.82, 2.24) is 0 Å². The maximum atomic E-state index is 12.6. The smallest absolute Gasteiger partial charge is 0.338 e. The molecule has 0 bridgehead atoms. The van der Waals surface area contributed by atoms with E-state index in [1.807, 2.05) is 37.3 Å². The minimum atomic E-state index is -0.581. The van der Waals surface area contributed by atoms with Gasteiger partial charge in [0.2, 0.25) is 0 Å². The maximum absolute atomic E-state index is 12.6. The Kier molecular flexibility index (Phi) is 6.95. The average molecular weight is 402 g/mol. The lowest BCUT2D eigenvalue weighted by Gasteiger charge is -2.12. The standard InChI is InChI=1S/C24H22N2O4/c1-2-17-12-14-18(15-13-17)24(29)30-16-22(27)26-21-11-7-6-10-20(21)23(28)25-19-8-4-3-5-9-19/h3-15H,2,16H2,1H3,(H,25,28)(H,26,27). The van der Waals surface area contributed by atoms with Crippen LogP contribution >= 0.6 is 0 Å². The molecule has 0 radical (unpaired) electrons. The van der Waals surface area contributed by atoms with E-state index >= 15 is 0 Å². The van der Waals surface area contributed by atoms with E-state index in [0.717, 1.165) is 12.0 Å². The number of hydrogen-bond acceptors (Lipinski definition) is 4. The molecule has 3 rings (SSSR count). The summed E-state index contributed by atoms with van der Waals surface area (Å²) in [6, 6.07) is 22.7. The number of rotatable bonds is 7. The van der Waals surface area contributed by atoms with Gasteiger partial charge >= 0.3 is 5.97 Å². The van der Waals surface area contributed by atoms with Gasteiger partial charge in [-0.05, 0) is 48.4 Å². The lowest BCUT2D eigenvalue weighted by atomic mass is 10.1. The van der Waals surface area contributed by atoms with Crippen molar-refractivity contribution in [2.75, 3.05) is 17.2 Å². The van der Waals surface area contributed by atoms with Crippen molar-refractivity contribution in [3.8, 4) is 0 Å². The number of benzene rings is 3. The molecular formula is C24H22N2O4. The number of esters is 1. The summed E-state index contributed by atoms with van der Waals surface area (Å²) in [4.78, 5) is 36.9. The van der Waals surface area contributed by atoms with Crippen molar-refractivity contribution in [3.05, 3.63) is 95.6 Å². The Morgan fingerprint density at radius 3 is 2.17 bits per heavy atom. The van der Waals surface area contributed by atoms with Crippen LogP contribution in [0.25, 0.3) is 0 Å². The fourth-order valence-corrected chi connectivity index (χ4v) is 2.79. The van der Waals surface area contributed by atoms with E-state index in [0.29, 0.717) is 22.5 Å². The number of carbonyl (C=O) groups is 3. The summed E-state index contributed by atoms with van der Waals surface area (Å²) in [7, 11) is 0. The number of nitrogens with one attached hydrogen (secondary N) is 2. The van der Waals surface area contributed by atoms with Gasteiger partial charge in [-0.2, -0.15) is 0 Å². The van der Waals surface area contributed by atoms with Gasteiger partial charge in [0.05, 0.1) is 16.8 Å². The number of ether oxygens (including phenoxy) is 1. The van der Waals surface area contributed by atoms with Crippen molar-refractivity contribution in [2.24, 2.45) is 0 Å². The second-order valence-electron chi connectivity index (χ2n) is 6.54. The van der Waals surface area contributed by atoms with Crippen LogP contribution in [-0.2, 0) is 16.0 Å². The molecule has 0 unspecified atom stereocenters. The van der Waals surface area contributed by atoms with Crippen LogP contribution in [0.2, 0.25) is 0 Å². The van der Waals surface area contributed by atoms with E-state index in [-0.39, 0.29) is 5.91 Å². The van der Waals surface area contributed by atoms with Crippen LogP contribution in [0.1, 0.15) is 33.2 Å².